The first-order valence-corrected chi connectivity index (χ1v) is 11.8. The van der Waals surface area contributed by atoms with E-state index in [1.807, 2.05) is 13.8 Å². The van der Waals surface area contributed by atoms with E-state index in [0.29, 0.717) is 24.9 Å². The number of aryl methyl sites for hydroxylation is 1. The molecule has 2 atom stereocenters. The van der Waals surface area contributed by atoms with Crippen molar-refractivity contribution in [2.24, 2.45) is 11.8 Å². The Balaban J connectivity index is 1.32. The Labute approximate surface area is 208 Å². The van der Waals surface area contributed by atoms with Gasteiger partial charge in [0.25, 0.3) is 0 Å². The number of halogens is 6. The lowest BCUT2D eigenvalue weighted by Crippen LogP contribution is -2.49. The molecule has 0 aliphatic carbocycles. The third-order valence-corrected chi connectivity index (χ3v) is 7.21. The first kappa shape index (κ1) is 25.3. The summed E-state index contributed by atoms with van der Waals surface area (Å²) in [7, 11) is 0. The van der Waals surface area contributed by atoms with Gasteiger partial charge in [-0.05, 0) is 37.0 Å². The van der Waals surface area contributed by atoms with Crippen LogP contribution in [0.3, 0.4) is 0 Å². The summed E-state index contributed by atoms with van der Waals surface area (Å²) in [6, 6.07) is 3.53. The lowest BCUT2D eigenvalue weighted by Gasteiger charge is -2.41. The Kier molecular flexibility index (Phi) is 6.06. The molecule has 2 aliphatic heterocycles. The molecule has 13 heteroatoms. The Morgan fingerprint density at radius 3 is 2.46 bits per heavy atom. The fraction of sp³-hybridized carbons (Fsp3) is 0.500. The highest BCUT2D eigenvalue weighted by Gasteiger charge is 2.41. The van der Waals surface area contributed by atoms with E-state index in [9.17, 15) is 31.1 Å². The van der Waals surface area contributed by atoms with Crippen LogP contribution in [0.25, 0.3) is 10.9 Å². The van der Waals surface area contributed by atoms with Crippen molar-refractivity contribution in [3.8, 4) is 0 Å². The summed E-state index contributed by atoms with van der Waals surface area (Å²) in [6.45, 7) is 4.85. The third kappa shape index (κ3) is 4.59. The largest absolute Gasteiger partial charge is 0.451 e. The smallest absolute Gasteiger partial charge is 0.370 e. The minimum absolute atomic E-state index is 0.0295. The molecule has 2 unspecified atom stereocenters. The summed E-state index contributed by atoms with van der Waals surface area (Å²) >= 11 is 0. The van der Waals surface area contributed by atoms with E-state index in [1.54, 1.807) is 6.20 Å². The number of nitrogens with zero attached hydrogens (tertiary/aromatic N) is 6. The standard InChI is InChI=1S/C24H24F6N6O/c1-13-10-31-18-9-15(23(25,26)27)3-4-17(18)20(13)34-6-5-16(14(2)11-34)21(37)35-7-8-36-19(12-35)32-33-22(36)24(28,29)30/h3-4,9-10,14,16H,5-8,11-12H2,1-2H3. The molecule has 0 saturated carbocycles. The van der Waals surface area contributed by atoms with Crippen LogP contribution in [0.1, 0.15) is 36.1 Å². The summed E-state index contributed by atoms with van der Waals surface area (Å²) < 4.78 is 79.9. The van der Waals surface area contributed by atoms with Crippen LogP contribution >= 0.6 is 0 Å². The highest BCUT2D eigenvalue weighted by atomic mass is 19.4. The lowest BCUT2D eigenvalue weighted by atomic mass is 9.85. The zero-order valence-corrected chi connectivity index (χ0v) is 20.1. The van der Waals surface area contributed by atoms with Gasteiger partial charge in [-0.15, -0.1) is 10.2 Å². The predicted molar refractivity (Wildman–Crippen MR) is 121 cm³/mol. The maximum absolute atomic E-state index is 13.3. The van der Waals surface area contributed by atoms with Crippen LogP contribution in [0, 0.1) is 18.8 Å². The van der Waals surface area contributed by atoms with Gasteiger partial charge in [0.1, 0.15) is 0 Å². The molecule has 1 fully saturated rings. The topological polar surface area (TPSA) is 67.2 Å². The van der Waals surface area contributed by atoms with Crippen molar-refractivity contribution < 1.29 is 31.1 Å². The SMILES string of the molecule is Cc1cnc2cc(C(F)(F)F)ccc2c1N1CCC(C(=O)N2CCn3c(nnc3C(F)(F)F)C2)C(C)C1. The van der Waals surface area contributed by atoms with Crippen molar-refractivity contribution in [3.63, 3.8) is 0 Å². The minimum Gasteiger partial charge on any atom is -0.370 e. The Morgan fingerprint density at radius 2 is 1.78 bits per heavy atom. The van der Waals surface area contributed by atoms with Crippen LogP contribution in [0.4, 0.5) is 32.0 Å². The van der Waals surface area contributed by atoms with Crippen molar-refractivity contribution in [2.75, 3.05) is 24.5 Å². The second-order valence-electron chi connectivity index (χ2n) is 9.69. The molecular weight excluding hydrogens is 502 g/mol. The van der Waals surface area contributed by atoms with Crippen LogP contribution in [0.2, 0.25) is 0 Å². The van der Waals surface area contributed by atoms with E-state index in [2.05, 4.69) is 20.1 Å². The Bertz CT molecular complexity index is 1350. The van der Waals surface area contributed by atoms with E-state index in [1.165, 1.54) is 11.0 Å². The fourth-order valence-corrected chi connectivity index (χ4v) is 5.38. The van der Waals surface area contributed by atoms with Crippen LogP contribution in [-0.2, 0) is 30.2 Å². The first-order chi connectivity index (χ1) is 17.3. The van der Waals surface area contributed by atoms with E-state index in [0.717, 1.165) is 28.0 Å². The van der Waals surface area contributed by atoms with E-state index in [4.69, 9.17) is 0 Å². The molecule has 5 rings (SSSR count). The van der Waals surface area contributed by atoms with Gasteiger partial charge in [0, 0.05) is 43.7 Å². The van der Waals surface area contributed by atoms with Crippen molar-refractivity contribution in [3.05, 3.63) is 47.2 Å². The van der Waals surface area contributed by atoms with E-state index >= 15 is 0 Å². The third-order valence-electron chi connectivity index (χ3n) is 7.21. The molecule has 7 nitrogen and oxygen atoms in total. The maximum atomic E-state index is 13.3. The number of fused-ring (bicyclic) bond motifs is 2. The molecule has 0 spiro atoms. The van der Waals surface area contributed by atoms with Crippen LogP contribution in [0.15, 0.2) is 24.4 Å². The van der Waals surface area contributed by atoms with Crippen molar-refractivity contribution in [1.29, 1.82) is 0 Å². The number of piperidine rings is 1. The number of amides is 1. The normalized spacial score (nSPS) is 20.9. The fourth-order valence-electron chi connectivity index (χ4n) is 5.38. The number of rotatable bonds is 2. The number of carbonyl (C=O) groups is 1. The zero-order chi connectivity index (χ0) is 26.7. The van der Waals surface area contributed by atoms with Gasteiger partial charge in [0.15, 0.2) is 5.82 Å². The number of aromatic nitrogens is 4. The van der Waals surface area contributed by atoms with Gasteiger partial charge >= 0.3 is 12.4 Å². The van der Waals surface area contributed by atoms with Gasteiger partial charge in [0.2, 0.25) is 11.7 Å². The average Bonchev–Trinajstić information content (AvgIpc) is 3.26. The minimum atomic E-state index is -4.61. The number of benzene rings is 1. The van der Waals surface area contributed by atoms with Crippen LogP contribution < -0.4 is 4.90 Å². The summed E-state index contributed by atoms with van der Waals surface area (Å²) in [4.78, 5) is 21.1. The van der Waals surface area contributed by atoms with Crippen LogP contribution in [0.5, 0.6) is 0 Å². The van der Waals surface area contributed by atoms with Gasteiger partial charge in [-0.25, -0.2) is 0 Å². The summed E-state index contributed by atoms with van der Waals surface area (Å²) in [5.41, 5.74) is 1.10. The average molecular weight is 526 g/mol. The number of alkyl halides is 6. The maximum Gasteiger partial charge on any atom is 0.451 e. The second-order valence-corrected chi connectivity index (χ2v) is 9.69. The van der Waals surface area contributed by atoms with Crippen molar-refractivity contribution in [2.45, 2.75) is 45.7 Å². The monoisotopic (exact) mass is 526 g/mol. The Morgan fingerprint density at radius 1 is 1.03 bits per heavy atom. The van der Waals surface area contributed by atoms with Gasteiger partial charge in [-0.2, -0.15) is 26.3 Å². The van der Waals surface area contributed by atoms with Gasteiger partial charge in [-0.1, -0.05) is 13.0 Å². The summed E-state index contributed by atoms with van der Waals surface area (Å²) in [6.07, 6.45) is -7.02. The molecule has 0 N–H and O–H groups in total. The van der Waals surface area contributed by atoms with Crippen molar-refractivity contribution >= 4 is 22.5 Å². The molecule has 0 bridgehead atoms. The van der Waals surface area contributed by atoms with Gasteiger partial charge in [-0.3, -0.25) is 9.78 Å². The van der Waals surface area contributed by atoms with Crippen LogP contribution in [-0.4, -0.2) is 50.2 Å². The highest BCUT2D eigenvalue weighted by Crippen LogP contribution is 2.38. The molecule has 37 heavy (non-hydrogen) atoms. The second kappa shape index (κ2) is 8.88. The molecule has 4 heterocycles. The van der Waals surface area contributed by atoms with Crippen molar-refractivity contribution in [1.82, 2.24) is 24.6 Å². The summed E-state index contributed by atoms with van der Waals surface area (Å²) in [5, 5.41) is 7.52. The molecule has 1 aromatic carbocycles. The number of hydrogen-bond acceptors (Lipinski definition) is 5. The van der Waals surface area contributed by atoms with Gasteiger partial charge < -0.3 is 14.4 Å². The van der Waals surface area contributed by atoms with E-state index in [-0.39, 0.29) is 48.7 Å². The molecule has 2 aromatic heterocycles. The van der Waals surface area contributed by atoms with E-state index < -0.39 is 23.7 Å². The number of anilines is 1. The number of carbonyl (C=O) groups excluding carboxylic acids is 1. The van der Waals surface area contributed by atoms with Gasteiger partial charge in [0.05, 0.1) is 23.3 Å². The highest BCUT2D eigenvalue weighted by molar-refractivity contribution is 5.94. The zero-order valence-electron chi connectivity index (χ0n) is 20.1. The first-order valence-electron chi connectivity index (χ1n) is 11.8. The molecule has 2 aliphatic rings. The number of pyridine rings is 1. The number of hydrogen-bond donors (Lipinski definition) is 0. The molecule has 1 saturated heterocycles. The predicted octanol–water partition coefficient (Wildman–Crippen LogP) is 4.68. The quantitative estimate of drug-likeness (QED) is 0.454. The Hall–Kier alpha value is -3.38. The molecule has 1 amide bonds. The molecular formula is C24H24F6N6O. The molecule has 198 valence electrons. The molecule has 0 radical (unpaired) electrons. The lowest BCUT2D eigenvalue weighted by molar-refractivity contribution is -0.148. The summed E-state index contributed by atoms with van der Waals surface area (Å²) in [5.74, 6) is -1.52. The molecule has 3 aromatic rings.